The molecule has 0 fully saturated rings. The van der Waals surface area contributed by atoms with Crippen LogP contribution in [0.1, 0.15) is 19.8 Å². The molecule has 0 radical (unpaired) electrons. The Labute approximate surface area is 154 Å². The first-order valence-corrected chi connectivity index (χ1v) is 8.71. The highest BCUT2D eigenvalue weighted by Gasteiger charge is 2.21. The van der Waals surface area contributed by atoms with E-state index in [1.54, 1.807) is 24.3 Å². The average molecular weight is 362 g/mol. The number of fused-ring (bicyclic) bond motifs is 2. The average Bonchev–Trinajstić information content (AvgIpc) is 3.17. The molecule has 4 N–H and O–H groups in total. The first kappa shape index (κ1) is 16.8. The number of hydrogen-bond acceptors (Lipinski definition) is 4. The zero-order valence-electron chi connectivity index (χ0n) is 14.7. The van der Waals surface area contributed by atoms with Crippen molar-refractivity contribution in [1.29, 1.82) is 0 Å². The molecule has 0 aliphatic heterocycles. The number of nitroso groups, excluding NO2 is 1. The van der Waals surface area contributed by atoms with Gasteiger partial charge in [-0.2, -0.15) is 0 Å². The number of para-hydroxylation sites is 1. The van der Waals surface area contributed by atoms with E-state index in [4.69, 9.17) is 0 Å². The van der Waals surface area contributed by atoms with Gasteiger partial charge in [0.25, 0.3) is 0 Å². The molecule has 27 heavy (non-hydrogen) atoms. The summed E-state index contributed by atoms with van der Waals surface area (Å²) in [7, 11) is 0. The highest BCUT2D eigenvalue weighted by atomic mass is 16.3. The number of rotatable bonds is 5. The minimum Gasteiger partial charge on any atom is -0.494 e. The second-order valence-corrected chi connectivity index (χ2v) is 6.39. The number of benzene rings is 2. The molecule has 2 heterocycles. The van der Waals surface area contributed by atoms with Gasteiger partial charge in [-0.05, 0) is 35.9 Å². The van der Waals surface area contributed by atoms with Gasteiger partial charge in [0.2, 0.25) is 5.91 Å². The largest absolute Gasteiger partial charge is 0.494 e. The first-order valence-electron chi connectivity index (χ1n) is 8.71. The molecule has 7 heteroatoms. The Morgan fingerprint density at radius 1 is 1.11 bits per heavy atom. The Bertz CT molecular complexity index is 1170. The molecule has 7 nitrogen and oxygen atoms in total. The van der Waals surface area contributed by atoms with E-state index in [9.17, 15) is 14.8 Å². The summed E-state index contributed by atoms with van der Waals surface area (Å²) < 4.78 is 0. The van der Waals surface area contributed by atoms with Crippen molar-refractivity contribution in [3.63, 3.8) is 0 Å². The first-order chi connectivity index (χ1) is 13.1. The number of nitrogens with zero attached hydrogens (tertiary/aromatic N) is 1. The van der Waals surface area contributed by atoms with Crippen LogP contribution in [0.15, 0.2) is 47.6 Å². The van der Waals surface area contributed by atoms with E-state index in [-0.39, 0.29) is 17.5 Å². The van der Waals surface area contributed by atoms with Crippen molar-refractivity contribution in [2.45, 2.75) is 19.8 Å². The van der Waals surface area contributed by atoms with Crippen LogP contribution in [0.5, 0.6) is 5.88 Å². The van der Waals surface area contributed by atoms with Crippen molar-refractivity contribution in [2.75, 3.05) is 5.32 Å². The van der Waals surface area contributed by atoms with Crippen LogP contribution in [0.3, 0.4) is 0 Å². The van der Waals surface area contributed by atoms with E-state index in [1.807, 2.05) is 25.1 Å². The molecule has 4 rings (SSSR count). The monoisotopic (exact) mass is 362 g/mol. The van der Waals surface area contributed by atoms with Crippen molar-refractivity contribution >= 4 is 39.1 Å². The van der Waals surface area contributed by atoms with E-state index < -0.39 is 0 Å². The van der Waals surface area contributed by atoms with Gasteiger partial charge in [-0.15, -0.1) is 4.91 Å². The van der Waals surface area contributed by atoms with Crippen LogP contribution in [0.4, 0.5) is 11.4 Å². The molecule has 0 saturated heterocycles. The molecule has 1 amide bonds. The maximum Gasteiger partial charge on any atom is 0.224 e. The summed E-state index contributed by atoms with van der Waals surface area (Å²) in [6.45, 7) is 1.94. The van der Waals surface area contributed by atoms with Gasteiger partial charge in [0.15, 0.2) is 5.88 Å². The van der Waals surface area contributed by atoms with Gasteiger partial charge < -0.3 is 20.4 Å². The van der Waals surface area contributed by atoms with Crippen molar-refractivity contribution in [2.24, 2.45) is 5.18 Å². The maximum atomic E-state index is 11.9. The summed E-state index contributed by atoms with van der Waals surface area (Å²) >= 11 is 0. The van der Waals surface area contributed by atoms with Crippen LogP contribution >= 0.6 is 0 Å². The lowest BCUT2D eigenvalue weighted by Crippen LogP contribution is -2.10. The quantitative estimate of drug-likeness (QED) is 0.368. The molecule has 2 aromatic heterocycles. The molecular weight excluding hydrogens is 344 g/mol. The van der Waals surface area contributed by atoms with Crippen molar-refractivity contribution in [1.82, 2.24) is 9.97 Å². The van der Waals surface area contributed by atoms with Crippen LogP contribution < -0.4 is 5.32 Å². The fourth-order valence-corrected chi connectivity index (χ4v) is 3.36. The predicted molar refractivity (Wildman–Crippen MR) is 106 cm³/mol. The lowest BCUT2D eigenvalue weighted by molar-refractivity contribution is -0.116. The smallest absolute Gasteiger partial charge is 0.224 e. The summed E-state index contributed by atoms with van der Waals surface area (Å²) in [5.74, 6) is -0.141. The molecule has 0 spiro atoms. The van der Waals surface area contributed by atoms with Crippen LogP contribution in [0, 0.1) is 4.91 Å². The molecule has 0 aliphatic rings. The minimum atomic E-state index is -0.0708. The van der Waals surface area contributed by atoms with E-state index in [0.29, 0.717) is 39.7 Å². The number of amides is 1. The Balaban J connectivity index is 1.90. The van der Waals surface area contributed by atoms with Gasteiger partial charge in [0.1, 0.15) is 5.69 Å². The number of aromatic hydroxyl groups is 1. The van der Waals surface area contributed by atoms with Gasteiger partial charge >= 0.3 is 0 Å². The second kappa shape index (κ2) is 6.60. The summed E-state index contributed by atoms with van der Waals surface area (Å²) in [4.78, 5) is 29.5. The summed E-state index contributed by atoms with van der Waals surface area (Å²) in [6.07, 6.45) is 1.19. The molecule has 0 bridgehead atoms. The number of hydrogen-bond donors (Lipinski definition) is 4. The third-order valence-corrected chi connectivity index (χ3v) is 4.56. The maximum absolute atomic E-state index is 11.9. The number of carbonyl (C=O) groups is 1. The zero-order valence-corrected chi connectivity index (χ0v) is 14.7. The fourth-order valence-electron chi connectivity index (χ4n) is 3.36. The van der Waals surface area contributed by atoms with E-state index in [2.05, 4.69) is 20.5 Å². The standard InChI is InChI=1S/C20H18N4O3/c1-2-5-16(25)21-11-8-9-15-13(10-11)17(20(26)23-15)19-18(24-27)12-6-3-4-7-14(12)22-19/h3-4,6-10,22-23,26H,2,5H2,1H3,(H,21,25). The Morgan fingerprint density at radius 3 is 2.67 bits per heavy atom. The number of anilines is 1. The third-order valence-electron chi connectivity index (χ3n) is 4.56. The number of carbonyl (C=O) groups excluding carboxylic acids is 1. The minimum absolute atomic E-state index is 0.0704. The molecule has 4 aromatic rings. The molecule has 0 atom stereocenters. The molecule has 2 aromatic carbocycles. The molecular formula is C20H18N4O3. The Hall–Kier alpha value is -3.61. The van der Waals surface area contributed by atoms with Crippen LogP contribution in [0.2, 0.25) is 0 Å². The van der Waals surface area contributed by atoms with Crippen LogP contribution in [0.25, 0.3) is 33.1 Å². The fraction of sp³-hybridized carbons (Fsp3) is 0.150. The summed E-state index contributed by atoms with van der Waals surface area (Å²) in [6, 6.07) is 12.6. The number of H-pyrrole nitrogens is 2. The second-order valence-electron chi connectivity index (χ2n) is 6.39. The molecule has 136 valence electrons. The van der Waals surface area contributed by atoms with Crippen LogP contribution in [-0.2, 0) is 4.79 Å². The topological polar surface area (TPSA) is 110 Å². The zero-order chi connectivity index (χ0) is 19.0. The number of aromatic nitrogens is 2. The SMILES string of the molecule is CCCC(=O)Nc1ccc2[nH]c(O)c(-c3[nH]c4ccccc4c3N=O)c2c1. The van der Waals surface area contributed by atoms with Gasteiger partial charge in [-0.3, -0.25) is 4.79 Å². The van der Waals surface area contributed by atoms with Crippen molar-refractivity contribution < 1.29 is 9.90 Å². The lowest BCUT2D eigenvalue weighted by atomic mass is 10.1. The summed E-state index contributed by atoms with van der Waals surface area (Å²) in [5, 5.41) is 17.9. The van der Waals surface area contributed by atoms with Gasteiger partial charge in [-0.1, -0.05) is 25.1 Å². The highest BCUT2D eigenvalue weighted by molar-refractivity contribution is 6.08. The van der Waals surface area contributed by atoms with Gasteiger partial charge in [0.05, 0.1) is 11.3 Å². The Morgan fingerprint density at radius 2 is 1.89 bits per heavy atom. The van der Waals surface area contributed by atoms with E-state index >= 15 is 0 Å². The van der Waals surface area contributed by atoms with E-state index in [1.165, 1.54) is 0 Å². The van der Waals surface area contributed by atoms with Crippen molar-refractivity contribution in [3.05, 3.63) is 47.4 Å². The number of nitrogens with one attached hydrogen (secondary N) is 3. The van der Waals surface area contributed by atoms with Crippen LogP contribution in [-0.4, -0.2) is 21.0 Å². The summed E-state index contributed by atoms with van der Waals surface area (Å²) in [5.41, 5.74) is 3.18. The number of aromatic amines is 2. The van der Waals surface area contributed by atoms with Gasteiger partial charge in [0, 0.05) is 33.9 Å². The molecule has 0 aliphatic carbocycles. The highest BCUT2D eigenvalue weighted by Crippen LogP contribution is 2.44. The molecule has 0 unspecified atom stereocenters. The molecule has 0 saturated carbocycles. The van der Waals surface area contributed by atoms with Crippen molar-refractivity contribution in [3.8, 4) is 17.1 Å². The normalized spacial score (nSPS) is 11.1. The Kier molecular flexibility index (Phi) is 4.12. The van der Waals surface area contributed by atoms with Gasteiger partial charge in [-0.25, -0.2) is 0 Å². The van der Waals surface area contributed by atoms with E-state index in [0.717, 1.165) is 11.9 Å². The lowest BCUT2D eigenvalue weighted by Gasteiger charge is -2.05. The predicted octanol–water partition coefficient (Wildman–Crippen LogP) is 5.16. The third kappa shape index (κ3) is 2.83.